The molecule has 13 heavy (non-hydrogen) atoms. The van der Waals surface area contributed by atoms with E-state index in [4.69, 9.17) is 11.6 Å². The fraction of sp³-hybridized carbons (Fsp3) is 0.818. The predicted octanol–water partition coefficient (Wildman–Crippen LogP) is 3.75. The molecule has 1 N–H and O–H groups in total. The second-order valence-electron chi connectivity index (χ2n) is 3.60. The highest BCUT2D eigenvalue weighted by molar-refractivity contribution is 6.30. The molecule has 0 amide bonds. The molecule has 2 heteroatoms. The van der Waals surface area contributed by atoms with E-state index in [-0.39, 0.29) is 0 Å². The molecule has 1 unspecified atom stereocenters. The quantitative estimate of drug-likeness (QED) is 0.718. The number of hydrogen-bond acceptors (Lipinski definition) is 1. The minimum Gasteiger partial charge on any atom is -0.390 e. The Bertz CT molecular complexity index is 169. The summed E-state index contributed by atoms with van der Waals surface area (Å²) in [5.74, 6) is 1.12. The summed E-state index contributed by atoms with van der Waals surface area (Å²) in [5, 5.41) is 4.16. The molecule has 0 spiro atoms. The molecule has 0 saturated carbocycles. The van der Waals surface area contributed by atoms with Crippen LogP contribution < -0.4 is 5.32 Å². The van der Waals surface area contributed by atoms with Gasteiger partial charge in [0.1, 0.15) is 0 Å². The van der Waals surface area contributed by atoms with Gasteiger partial charge in [0.05, 0.1) is 0 Å². The molecule has 1 nitrogen and oxygen atoms in total. The summed E-state index contributed by atoms with van der Waals surface area (Å²) in [5.41, 5.74) is 1.18. The van der Waals surface area contributed by atoms with Gasteiger partial charge >= 0.3 is 0 Å². The summed E-state index contributed by atoms with van der Waals surface area (Å²) in [6.07, 6.45) is 2.16. The minimum absolute atomic E-state index is 0.467. The highest BCUT2D eigenvalue weighted by Crippen LogP contribution is 2.28. The Morgan fingerprint density at radius 2 is 1.85 bits per heavy atom. The molecular weight excluding hydrogens is 182 g/mol. The molecule has 0 aromatic rings. The first-order valence-electron chi connectivity index (χ1n) is 5.14. The van der Waals surface area contributed by atoms with Crippen molar-refractivity contribution in [2.75, 3.05) is 7.05 Å². The van der Waals surface area contributed by atoms with E-state index in [1.165, 1.54) is 12.1 Å². The van der Waals surface area contributed by atoms with Crippen LogP contribution in [0, 0.1) is 11.8 Å². The van der Waals surface area contributed by atoms with Crippen LogP contribution in [-0.4, -0.2) is 7.05 Å². The molecule has 0 bridgehead atoms. The maximum atomic E-state index is 6.29. The van der Waals surface area contributed by atoms with E-state index in [9.17, 15) is 0 Å². The van der Waals surface area contributed by atoms with E-state index < -0.39 is 0 Å². The zero-order valence-corrected chi connectivity index (χ0v) is 10.2. The van der Waals surface area contributed by atoms with Crippen LogP contribution in [0.1, 0.15) is 40.5 Å². The molecule has 0 saturated heterocycles. The number of allylic oxidation sites excluding steroid dienone is 2. The lowest BCUT2D eigenvalue weighted by atomic mass is 9.92. The van der Waals surface area contributed by atoms with E-state index in [1.807, 2.05) is 7.05 Å². The topological polar surface area (TPSA) is 12.0 Å². The average molecular weight is 204 g/mol. The zero-order chi connectivity index (χ0) is 10.4. The highest BCUT2D eigenvalue weighted by atomic mass is 35.5. The van der Waals surface area contributed by atoms with Gasteiger partial charge in [-0.2, -0.15) is 0 Å². The number of rotatable bonds is 5. The van der Waals surface area contributed by atoms with Crippen LogP contribution in [0.25, 0.3) is 0 Å². The number of hydrogen-bond donors (Lipinski definition) is 1. The van der Waals surface area contributed by atoms with Crippen molar-refractivity contribution < 1.29 is 0 Å². The molecule has 0 aromatic carbocycles. The van der Waals surface area contributed by atoms with E-state index >= 15 is 0 Å². The normalized spacial score (nSPS) is 17.7. The van der Waals surface area contributed by atoms with Crippen LogP contribution >= 0.6 is 11.6 Å². The first-order valence-corrected chi connectivity index (χ1v) is 5.52. The van der Waals surface area contributed by atoms with Gasteiger partial charge in [0.25, 0.3) is 0 Å². The zero-order valence-electron chi connectivity index (χ0n) is 9.45. The molecule has 0 rings (SSSR count). The van der Waals surface area contributed by atoms with E-state index in [2.05, 4.69) is 33.0 Å². The van der Waals surface area contributed by atoms with Gasteiger partial charge in [0.15, 0.2) is 0 Å². The Morgan fingerprint density at radius 3 is 2.15 bits per heavy atom. The third-order valence-corrected chi connectivity index (χ3v) is 3.41. The Labute approximate surface area is 87.6 Å². The van der Waals surface area contributed by atoms with Gasteiger partial charge in [-0.15, -0.1) is 0 Å². The van der Waals surface area contributed by atoms with Gasteiger partial charge in [-0.25, -0.2) is 0 Å². The Kier molecular flexibility index (Phi) is 6.23. The van der Waals surface area contributed by atoms with Crippen LogP contribution in [0.3, 0.4) is 0 Å². The minimum atomic E-state index is 0.467. The maximum Gasteiger partial charge on any atom is 0.0400 e. The summed E-state index contributed by atoms with van der Waals surface area (Å²) in [7, 11) is 1.94. The summed E-state index contributed by atoms with van der Waals surface area (Å²) >= 11 is 6.29. The largest absolute Gasteiger partial charge is 0.390 e. The molecule has 0 aliphatic rings. The molecule has 0 aliphatic heterocycles. The van der Waals surface area contributed by atoms with Crippen molar-refractivity contribution in [1.82, 2.24) is 5.32 Å². The first-order chi connectivity index (χ1) is 6.08. The molecule has 2 atom stereocenters. The van der Waals surface area contributed by atoms with Gasteiger partial charge in [-0.05, 0) is 18.3 Å². The third-order valence-electron chi connectivity index (χ3n) is 2.84. The van der Waals surface area contributed by atoms with E-state index in [1.54, 1.807) is 0 Å². The summed E-state index contributed by atoms with van der Waals surface area (Å²) in [4.78, 5) is 0. The lowest BCUT2D eigenvalue weighted by Crippen LogP contribution is -2.14. The smallest absolute Gasteiger partial charge is 0.0400 e. The predicted molar refractivity (Wildman–Crippen MR) is 60.8 cm³/mol. The second-order valence-corrected chi connectivity index (χ2v) is 4.01. The molecule has 0 fully saturated rings. The third kappa shape index (κ3) is 3.60. The Hall–Kier alpha value is -0.170. The van der Waals surface area contributed by atoms with Crippen molar-refractivity contribution in [1.29, 1.82) is 0 Å². The van der Waals surface area contributed by atoms with Crippen LogP contribution in [0.4, 0.5) is 0 Å². The van der Waals surface area contributed by atoms with Crippen LogP contribution in [-0.2, 0) is 0 Å². The van der Waals surface area contributed by atoms with Crippen molar-refractivity contribution in [2.24, 2.45) is 11.8 Å². The van der Waals surface area contributed by atoms with Crippen molar-refractivity contribution in [3.63, 3.8) is 0 Å². The molecule has 0 radical (unpaired) electrons. The van der Waals surface area contributed by atoms with Crippen molar-refractivity contribution >= 4 is 11.6 Å². The van der Waals surface area contributed by atoms with E-state index in [0.29, 0.717) is 11.8 Å². The number of halogens is 1. The molecule has 0 aromatic heterocycles. The van der Waals surface area contributed by atoms with Gasteiger partial charge in [0, 0.05) is 17.8 Å². The first kappa shape index (κ1) is 12.8. The Balaban J connectivity index is 4.53. The van der Waals surface area contributed by atoms with Crippen LogP contribution in [0.5, 0.6) is 0 Å². The lowest BCUT2D eigenvalue weighted by Gasteiger charge is -2.20. The van der Waals surface area contributed by atoms with Crippen LogP contribution in [0.15, 0.2) is 10.7 Å². The Morgan fingerprint density at radius 1 is 1.31 bits per heavy atom. The standard InChI is InChI=1S/C11H22ClN/c1-6-8(3)9(4)11(12)10(7-2)13-5/h8-9,13H,6-7H2,1-5H3/b11-10+/t8?,9-/m1/s1. The fourth-order valence-corrected chi connectivity index (χ4v) is 1.79. The average Bonchev–Trinajstić information content (AvgIpc) is 2.17. The van der Waals surface area contributed by atoms with Crippen molar-refractivity contribution in [3.05, 3.63) is 10.7 Å². The number of nitrogens with one attached hydrogen (secondary N) is 1. The fourth-order valence-electron chi connectivity index (χ4n) is 1.34. The van der Waals surface area contributed by atoms with Crippen molar-refractivity contribution in [3.8, 4) is 0 Å². The monoisotopic (exact) mass is 203 g/mol. The maximum absolute atomic E-state index is 6.29. The van der Waals surface area contributed by atoms with Gasteiger partial charge in [-0.3, -0.25) is 0 Å². The molecule has 78 valence electrons. The second kappa shape index (κ2) is 6.31. The lowest BCUT2D eigenvalue weighted by molar-refractivity contribution is 0.435. The molecule has 0 aliphatic carbocycles. The summed E-state index contributed by atoms with van der Waals surface area (Å²) in [6, 6.07) is 0. The van der Waals surface area contributed by atoms with Gasteiger partial charge in [0.2, 0.25) is 0 Å². The van der Waals surface area contributed by atoms with Gasteiger partial charge < -0.3 is 5.32 Å². The van der Waals surface area contributed by atoms with Crippen molar-refractivity contribution in [2.45, 2.75) is 40.5 Å². The summed E-state index contributed by atoms with van der Waals surface area (Å²) in [6.45, 7) is 8.77. The molecular formula is C11H22ClN. The summed E-state index contributed by atoms with van der Waals surface area (Å²) < 4.78 is 0. The van der Waals surface area contributed by atoms with E-state index in [0.717, 1.165) is 11.5 Å². The highest BCUT2D eigenvalue weighted by Gasteiger charge is 2.16. The van der Waals surface area contributed by atoms with Gasteiger partial charge in [-0.1, -0.05) is 45.7 Å². The SMILES string of the molecule is CC/C(NC)=C(\Cl)[C@H](C)C(C)CC. The van der Waals surface area contributed by atoms with Crippen LogP contribution in [0.2, 0.25) is 0 Å². The molecule has 0 heterocycles.